The summed E-state index contributed by atoms with van der Waals surface area (Å²) in [6.45, 7) is 0.810. The van der Waals surface area contributed by atoms with Crippen molar-refractivity contribution in [3.63, 3.8) is 0 Å². The lowest BCUT2D eigenvalue weighted by atomic mass is 10.0. The van der Waals surface area contributed by atoms with Crippen molar-refractivity contribution in [1.29, 1.82) is 0 Å². The Balaban J connectivity index is 3.35. The van der Waals surface area contributed by atoms with E-state index in [1.54, 1.807) is 0 Å². The first-order chi connectivity index (χ1) is 27.2. The standard InChI is InChI=1S/C34H52N10O14/c1-16(46)28(34(58)43-21(29(53)38-14-26(37)50)11-18-6-8-19(48)9-7-18)44-30(54)20(5-3-4-10-35)40-31(55)22(12-25(36)49)41-32(56)23(13-27(51)52)42-33(57)24(15-45)39-17(2)47/h6-9,16,20-24,28,45-46,48H,3-5,10-15,35H2,1-2H3,(H2,36,49)(H2,37,50)(H,38,53)(H,39,47)(H,40,55)(H,41,56)(H,42,57)(H,43,58)(H,44,54)(H,51,52)/t16-,20+,21+,22+,23+,24+,28+/m1/s1. The molecule has 17 N–H and O–H groups in total. The quantitative estimate of drug-likeness (QED) is 0.0386. The second-order valence-electron chi connectivity index (χ2n) is 13.0. The molecule has 1 rings (SSSR count). The van der Waals surface area contributed by atoms with Crippen LogP contribution in [0.4, 0.5) is 0 Å². The monoisotopic (exact) mass is 824 g/mol. The van der Waals surface area contributed by atoms with E-state index in [-0.39, 0.29) is 31.6 Å². The second kappa shape index (κ2) is 25.0. The molecular formula is C34H52N10O14. The number of carboxylic acids is 1. The summed E-state index contributed by atoms with van der Waals surface area (Å²) in [5.41, 5.74) is 16.4. The number of aliphatic hydroxyl groups is 2. The van der Waals surface area contributed by atoms with Crippen LogP contribution in [-0.4, -0.2) is 142 Å². The predicted octanol–water partition coefficient (Wildman–Crippen LogP) is -6.68. The Labute approximate surface area is 331 Å². The van der Waals surface area contributed by atoms with Gasteiger partial charge in [0.05, 0.1) is 32.1 Å². The third-order valence-electron chi connectivity index (χ3n) is 8.02. The molecule has 0 unspecified atom stereocenters. The highest BCUT2D eigenvalue weighted by Gasteiger charge is 2.35. The third-order valence-corrected chi connectivity index (χ3v) is 8.02. The number of benzene rings is 1. The average molecular weight is 825 g/mol. The maximum Gasteiger partial charge on any atom is 0.305 e. The molecule has 0 heterocycles. The fourth-order valence-electron chi connectivity index (χ4n) is 5.11. The van der Waals surface area contributed by atoms with Gasteiger partial charge in [-0.15, -0.1) is 0 Å². The van der Waals surface area contributed by atoms with Crippen molar-refractivity contribution in [3.05, 3.63) is 29.8 Å². The van der Waals surface area contributed by atoms with Crippen LogP contribution in [0.5, 0.6) is 5.75 Å². The van der Waals surface area contributed by atoms with Crippen molar-refractivity contribution in [2.24, 2.45) is 17.2 Å². The summed E-state index contributed by atoms with van der Waals surface area (Å²) in [6, 6.07) is -4.53. The van der Waals surface area contributed by atoms with Crippen LogP contribution in [0, 0.1) is 0 Å². The molecule has 0 radical (unpaired) electrons. The fourth-order valence-corrected chi connectivity index (χ4v) is 5.11. The summed E-state index contributed by atoms with van der Waals surface area (Å²) < 4.78 is 0. The van der Waals surface area contributed by atoms with E-state index in [1.807, 2.05) is 5.32 Å². The molecule has 24 nitrogen and oxygen atoms in total. The van der Waals surface area contributed by atoms with Gasteiger partial charge in [0.25, 0.3) is 0 Å². The smallest absolute Gasteiger partial charge is 0.305 e. The van der Waals surface area contributed by atoms with Gasteiger partial charge in [0.15, 0.2) is 0 Å². The minimum absolute atomic E-state index is 0.0844. The number of nitrogens with one attached hydrogen (secondary N) is 7. The van der Waals surface area contributed by atoms with E-state index < -0.39 is 127 Å². The Kier molecular flexibility index (Phi) is 21.4. The molecule has 0 aliphatic carbocycles. The number of rotatable bonds is 26. The number of primary amides is 2. The zero-order chi connectivity index (χ0) is 44.1. The number of carbonyl (C=O) groups excluding carboxylic acids is 9. The highest BCUT2D eigenvalue weighted by atomic mass is 16.4. The van der Waals surface area contributed by atoms with Gasteiger partial charge in [-0.1, -0.05) is 12.1 Å². The highest BCUT2D eigenvalue weighted by molar-refractivity contribution is 5.99. The van der Waals surface area contributed by atoms with E-state index in [0.717, 1.165) is 13.8 Å². The number of nitrogens with two attached hydrogens (primary N) is 3. The normalized spacial score (nSPS) is 14.4. The minimum atomic E-state index is -1.92. The fraction of sp³-hybridized carbons (Fsp3) is 0.529. The van der Waals surface area contributed by atoms with Gasteiger partial charge in [-0.05, 0) is 50.4 Å². The number of unbranched alkanes of at least 4 members (excludes halogenated alkanes) is 1. The molecule has 58 heavy (non-hydrogen) atoms. The largest absolute Gasteiger partial charge is 0.508 e. The summed E-state index contributed by atoms with van der Waals surface area (Å²) in [5, 5.41) is 54.5. The zero-order valence-electron chi connectivity index (χ0n) is 31.8. The van der Waals surface area contributed by atoms with Crippen molar-refractivity contribution >= 4 is 59.1 Å². The highest BCUT2D eigenvalue weighted by Crippen LogP contribution is 2.12. The topological polar surface area (TPSA) is 414 Å². The number of phenolic OH excluding ortho intramolecular Hbond substituents is 1. The maximum atomic E-state index is 13.7. The molecule has 1 aromatic carbocycles. The van der Waals surface area contributed by atoms with Crippen LogP contribution in [-0.2, 0) is 54.4 Å². The van der Waals surface area contributed by atoms with Crippen molar-refractivity contribution in [2.75, 3.05) is 19.7 Å². The molecule has 0 spiro atoms. The number of carboxylic acid groups (broad SMARTS) is 1. The summed E-state index contributed by atoms with van der Waals surface area (Å²) in [7, 11) is 0. The molecule has 24 heteroatoms. The molecule has 0 aliphatic rings. The van der Waals surface area contributed by atoms with E-state index >= 15 is 0 Å². The van der Waals surface area contributed by atoms with Gasteiger partial charge in [0, 0.05) is 13.3 Å². The molecule has 1 aromatic rings. The van der Waals surface area contributed by atoms with Crippen LogP contribution < -0.4 is 54.4 Å². The predicted molar refractivity (Wildman–Crippen MR) is 199 cm³/mol. The Morgan fingerprint density at radius 2 is 1.17 bits per heavy atom. The number of hydrogen-bond acceptors (Lipinski definition) is 14. The minimum Gasteiger partial charge on any atom is -0.508 e. The summed E-state index contributed by atoms with van der Waals surface area (Å²) >= 11 is 0. The van der Waals surface area contributed by atoms with Crippen molar-refractivity contribution in [2.45, 2.75) is 94.7 Å². The van der Waals surface area contributed by atoms with Crippen LogP contribution >= 0.6 is 0 Å². The number of aliphatic hydroxyl groups excluding tert-OH is 2. The first-order valence-corrected chi connectivity index (χ1v) is 17.8. The summed E-state index contributed by atoms with van der Waals surface area (Å²) in [6.07, 6.45) is -3.37. The zero-order valence-corrected chi connectivity index (χ0v) is 31.8. The van der Waals surface area contributed by atoms with Crippen LogP contribution in [0.1, 0.15) is 51.5 Å². The molecule has 0 fully saturated rings. The molecule has 0 bridgehead atoms. The third kappa shape index (κ3) is 18.5. The Morgan fingerprint density at radius 1 is 0.655 bits per heavy atom. The number of aliphatic carboxylic acids is 1. The van der Waals surface area contributed by atoms with Crippen LogP contribution in [0.25, 0.3) is 0 Å². The number of aromatic hydroxyl groups is 1. The van der Waals surface area contributed by atoms with Crippen molar-refractivity contribution < 1.29 is 68.4 Å². The lowest BCUT2D eigenvalue weighted by molar-refractivity contribution is -0.142. The average Bonchev–Trinajstić information content (AvgIpc) is 3.13. The molecule has 0 aliphatic heterocycles. The number of carbonyl (C=O) groups is 10. The molecule has 9 amide bonds. The Morgan fingerprint density at radius 3 is 1.66 bits per heavy atom. The van der Waals surface area contributed by atoms with Gasteiger partial charge in [0.2, 0.25) is 53.2 Å². The van der Waals surface area contributed by atoms with Gasteiger partial charge in [-0.25, -0.2) is 0 Å². The first-order valence-electron chi connectivity index (χ1n) is 17.8. The van der Waals surface area contributed by atoms with Crippen molar-refractivity contribution in [3.8, 4) is 5.75 Å². The number of phenols is 1. The Bertz CT molecular complexity index is 1640. The SMILES string of the molecule is CC(=O)N[C@@H](CO)C(=O)N[C@@H](CC(=O)O)C(=O)N[C@@H](CC(N)=O)C(=O)N[C@@H](CCCCN)C(=O)N[C@H](C(=O)N[C@@H](Cc1ccc(O)cc1)C(=O)NCC(N)=O)[C@@H](C)O. The summed E-state index contributed by atoms with van der Waals surface area (Å²) in [4.78, 5) is 126. The van der Waals surface area contributed by atoms with Gasteiger partial charge < -0.3 is 74.8 Å². The molecule has 0 saturated carbocycles. The van der Waals surface area contributed by atoms with E-state index in [0.29, 0.717) is 12.0 Å². The number of hydrogen-bond donors (Lipinski definition) is 14. The molecule has 322 valence electrons. The van der Waals surface area contributed by atoms with Gasteiger partial charge in [-0.3, -0.25) is 47.9 Å². The Hall–Kier alpha value is -6.40. The van der Waals surface area contributed by atoms with Gasteiger partial charge in [0.1, 0.15) is 42.0 Å². The van der Waals surface area contributed by atoms with Crippen LogP contribution in [0.3, 0.4) is 0 Å². The van der Waals surface area contributed by atoms with E-state index in [1.165, 1.54) is 24.3 Å². The maximum absolute atomic E-state index is 13.7. The van der Waals surface area contributed by atoms with Crippen LogP contribution in [0.2, 0.25) is 0 Å². The van der Waals surface area contributed by atoms with Crippen molar-refractivity contribution in [1.82, 2.24) is 37.2 Å². The van der Waals surface area contributed by atoms with Crippen LogP contribution in [0.15, 0.2) is 24.3 Å². The lowest BCUT2D eigenvalue weighted by Gasteiger charge is -2.28. The molecule has 7 atom stereocenters. The van der Waals surface area contributed by atoms with Gasteiger partial charge in [-0.2, -0.15) is 0 Å². The lowest BCUT2D eigenvalue weighted by Crippen LogP contribution is -2.62. The summed E-state index contributed by atoms with van der Waals surface area (Å²) in [5.74, 6) is -11.1. The number of amides is 9. The molecule has 0 aromatic heterocycles. The van der Waals surface area contributed by atoms with E-state index in [4.69, 9.17) is 17.2 Å². The molecule has 0 saturated heterocycles. The van der Waals surface area contributed by atoms with E-state index in [2.05, 4.69) is 31.9 Å². The first kappa shape index (κ1) is 49.6. The second-order valence-corrected chi connectivity index (χ2v) is 13.0. The molecular weight excluding hydrogens is 772 g/mol. The van der Waals surface area contributed by atoms with Gasteiger partial charge >= 0.3 is 5.97 Å². The van der Waals surface area contributed by atoms with E-state index in [9.17, 15) is 68.4 Å².